The van der Waals surface area contributed by atoms with E-state index in [2.05, 4.69) is 54.7 Å². The summed E-state index contributed by atoms with van der Waals surface area (Å²) in [6.07, 6.45) is 1.24. The van der Waals surface area contributed by atoms with Crippen LogP contribution in [-0.4, -0.2) is 27.2 Å². The molecule has 1 aliphatic heterocycles. The van der Waals surface area contributed by atoms with E-state index < -0.39 is 0 Å². The number of hydrogen-bond donors (Lipinski definition) is 1. The van der Waals surface area contributed by atoms with Crippen LogP contribution in [0.25, 0.3) is 0 Å². The zero-order valence-electron chi connectivity index (χ0n) is 13.8. The van der Waals surface area contributed by atoms with Gasteiger partial charge in [-0.2, -0.15) is 0 Å². The second-order valence-corrected chi connectivity index (χ2v) is 6.95. The van der Waals surface area contributed by atoms with Gasteiger partial charge in [0.25, 0.3) is 0 Å². The van der Waals surface area contributed by atoms with E-state index in [0.29, 0.717) is 0 Å². The van der Waals surface area contributed by atoms with Crippen molar-refractivity contribution in [3.63, 3.8) is 0 Å². The lowest BCUT2D eigenvalue weighted by atomic mass is 10.1. The lowest BCUT2D eigenvalue weighted by Crippen LogP contribution is -2.28. The number of aryl methyl sites for hydroxylation is 2. The maximum atomic E-state index is 6.02. The maximum absolute atomic E-state index is 6.02. The van der Waals surface area contributed by atoms with Gasteiger partial charge in [0, 0.05) is 36.9 Å². The van der Waals surface area contributed by atoms with Gasteiger partial charge in [-0.3, -0.25) is 0 Å². The average molecular weight is 316 g/mol. The Kier molecular flexibility index (Phi) is 4.41. The Morgan fingerprint density at radius 2 is 2.05 bits per heavy atom. The molecule has 0 saturated heterocycles. The molecular formula is C18H24N2OS. The van der Waals surface area contributed by atoms with Gasteiger partial charge in [0.1, 0.15) is 6.10 Å². The molecule has 0 bridgehead atoms. The van der Waals surface area contributed by atoms with E-state index in [9.17, 15) is 0 Å². The molecule has 118 valence electrons. The normalized spacial score (nSPS) is 17.2. The maximum Gasteiger partial charge on any atom is 0.109 e. The highest BCUT2D eigenvalue weighted by atomic mass is 32.1. The van der Waals surface area contributed by atoms with Crippen molar-refractivity contribution in [3.05, 3.63) is 45.1 Å². The Bertz CT molecular complexity index is 642. The van der Waals surface area contributed by atoms with Crippen molar-refractivity contribution in [2.45, 2.75) is 26.4 Å². The van der Waals surface area contributed by atoms with Crippen molar-refractivity contribution in [3.8, 4) is 0 Å². The second kappa shape index (κ2) is 6.31. The topological polar surface area (TPSA) is 24.5 Å². The van der Waals surface area contributed by atoms with E-state index in [1.165, 1.54) is 32.9 Å². The van der Waals surface area contributed by atoms with Gasteiger partial charge in [-0.05, 0) is 60.5 Å². The minimum absolute atomic E-state index is 0.193. The molecule has 1 unspecified atom stereocenters. The Hall–Kier alpha value is -1.52. The van der Waals surface area contributed by atoms with Crippen LogP contribution in [0, 0.1) is 13.8 Å². The molecule has 0 spiro atoms. The number of likely N-dealkylation sites (N-methyl/N-ethyl adjacent to an activating group) is 1. The molecule has 1 aromatic carbocycles. The lowest BCUT2D eigenvalue weighted by Gasteiger charge is -2.29. The summed E-state index contributed by atoms with van der Waals surface area (Å²) in [6, 6.07) is 6.74. The Balaban J connectivity index is 1.80. The summed E-state index contributed by atoms with van der Waals surface area (Å²) in [5.74, 6) is 0. The van der Waals surface area contributed by atoms with Crippen LogP contribution in [0.15, 0.2) is 23.6 Å². The number of hydrogen-bond acceptors (Lipinski definition) is 4. The van der Waals surface area contributed by atoms with Crippen molar-refractivity contribution in [1.82, 2.24) is 0 Å². The Morgan fingerprint density at radius 3 is 2.73 bits per heavy atom. The molecule has 0 amide bonds. The third-order valence-corrected chi connectivity index (χ3v) is 5.46. The number of thiophene rings is 1. The second-order valence-electron chi connectivity index (χ2n) is 6.00. The fourth-order valence-corrected chi connectivity index (χ4v) is 4.26. The molecule has 1 atom stereocenters. The van der Waals surface area contributed by atoms with E-state index in [4.69, 9.17) is 4.74 Å². The monoisotopic (exact) mass is 316 g/mol. The molecule has 2 heterocycles. The minimum Gasteiger partial charge on any atom is -0.388 e. The summed E-state index contributed by atoms with van der Waals surface area (Å²) >= 11 is 1.82. The highest BCUT2D eigenvalue weighted by molar-refractivity contribution is 7.10. The van der Waals surface area contributed by atoms with Crippen LogP contribution in [0.3, 0.4) is 0 Å². The van der Waals surface area contributed by atoms with Crippen LogP contribution < -0.4 is 10.2 Å². The first-order valence-electron chi connectivity index (χ1n) is 7.78. The van der Waals surface area contributed by atoms with Crippen molar-refractivity contribution in [2.24, 2.45) is 0 Å². The number of ether oxygens (including phenoxy) is 1. The number of nitrogens with zero attached hydrogens (tertiary/aromatic N) is 1. The van der Waals surface area contributed by atoms with E-state index >= 15 is 0 Å². The van der Waals surface area contributed by atoms with Gasteiger partial charge in [0.15, 0.2) is 0 Å². The molecule has 3 nitrogen and oxygen atoms in total. The quantitative estimate of drug-likeness (QED) is 0.917. The van der Waals surface area contributed by atoms with Crippen molar-refractivity contribution >= 4 is 22.7 Å². The third kappa shape index (κ3) is 2.85. The highest BCUT2D eigenvalue weighted by Gasteiger charge is 2.23. The fourth-order valence-electron chi connectivity index (χ4n) is 3.27. The summed E-state index contributed by atoms with van der Waals surface area (Å²) in [5, 5.41) is 5.46. The molecule has 0 radical (unpaired) electrons. The smallest absolute Gasteiger partial charge is 0.109 e. The van der Waals surface area contributed by atoms with Crippen molar-refractivity contribution < 1.29 is 4.74 Å². The Labute approximate surface area is 136 Å². The number of rotatable bonds is 4. The number of fused-ring (bicyclic) bond motifs is 1. The van der Waals surface area contributed by atoms with Crippen molar-refractivity contribution in [1.29, 1.82) is 0 Å². The minimum atomic E-state index is 0.193. The fraction of sp³-hybridized carbons (Fsp3) is 0.444. The van der Waals surface area contributed by atoms with Gasteiger partial charge in [-0.1, -0.05) is 0 Å². The van der Waals surface area contributed by atoms with Gasteiger partial charge in [-0.15, -0.1) is 11.3 Å². The van der Waals surface area contributed by atoms with Crippen LogP contribution in [0.1, 0.15) is 27.7 Å². The largest absolute Gasteiger partial charge is 0.388 e. The van der Waals surface area contributed by atoms with Gasteiger partial charge in [0.2, 0.25) is 0 Å². The first-order valence-corrected chi connectivity index (χ1v) is 8.66. The van der Waals surface area contributed by atoms with Crippen LogP contribution in [-0.2, 0) is 11.2 Å². The molecule has 1 aliphatic rings. The average Bonchev–Trinajstić information content (AvgIpc) is 2.96. The predicted molar refractivity (Wildman–Crippen MR) is 95.4 cm³/mol. The zero-order valence-corrected chi connectivity index (χ0v) is 14.6. The molecule has 0 saturated carbocycles. The van der Waals surface area contributed by atoms with Gasteiger partial charge in [-0.25, -0.2) is 0 Å². The molecule has 0 aliphatic carbocycles. The summed E-state index contributed by atoms with van der Waals surface area (Å²) in [4.78, 5) is 3.71. The van der Waals surface area contributed by atoms with Crippen LogP contribution in [0.5, 0.6) is 0 Å². The number of benzene rings is 1. The zero-order chi connectivity index (χ0) is 15.7. The molecule has 22 heavy (non-hydrogen) atoms. The molecule has 1 N–H and O–H groups in total. The van der Waals surface area contributed by atoms with Gasteiger partial charge >= 0.3 is 0 Å². The molecule has 4 heteroatoms. The van der Waals surface area contributed by atoms with Crippen LogP contribution >= 0.6 is 11.3 Å². The first kappa shape index (κ1) is 15.4. The summed E-state index contributed by atoms with van der Waals surface area (Å²) in [7, 11) is 4.13. The summed E-state index contributed by atoms with van der Waals surface area (Å²) in [6.45, 7) is 6.04. The Morgan fingerprint density at radius 1 is 1.32 bits per heavy atom. The lowest BCUT2D eigenvalue weighted by molar-refractivity contribution is 0.0508. The van der Waals surface area contributed by atoms with E-state index in [1.807, 2.05) is 18.4 Å². The van der Waals surface area contributed by atoms with Gasteiger partial charge in [0.05, 0.1) is 6.61 Å². The number of anilines is 2. The molecular weight excluding hydrogens is 292 g/mol. The molecule has 1 aromatic heterocycles. The summed E-state index contributed by atoms with van der Waals surface area (Å²) < 4.78 is 6.02. The van der Waals surface area contributed by atoms with Crippen LogP contribution in [0.2, 0.25) is 0 Å². The van der Waals surface area contributed by atoms with Crippen molar-refractivity contribution in [2.75, 3.05) is 37.5 Å². The molecule has 0 fully saturated rings. The standard InChI is InChI=1S/C18H24N2OS/c1-12-9-15(10-13(2)17(12)19-3)20(4)11-16-18-14(5-7-21-16)6-8-22-18/h6,8-10,16,19H,5,7,11H2,1-4H3. The summed E-state index contributed by atoms with van der Waals surface area (Å²) in [5.41, 5.74) is 6.51. The van der Waals surface area contributed by atoms with E-state index in [-0.39, 0.29) is 6.10 Å². The molecule has 2 aromatic rings. The predicted octanol–water partition coefficient (Wildman–Crippen LogP) is 4.16. The number of nitrogens with one attached hydrogen (secondary N) is 1. The van der Waals surface area contributed by atoms with E-state index in [0.717, 1.165) is 19.6 Å². The highest BCUT2D eigenvalue weighted by Crippen LogP contribution is 2.34. The molecule has 3 rings (SSSR count). The van der Waals surface area contributed by atoms with Gasteiger partial charge < -0.3 is 15.0 Å². The van der Waals surface area contributed by atoms with Crippen LogP contribution in [0.4, 0.5) is 11.4 Å². The van der Waals surface area contributed by atoms with E-state index in [1.54, 1.807) is 0 Å². The third-order valence-electron chi connectivity index (χ3n) is 4.41. The first-order chi connectivity index (χ1) is 10.6. The SMILES string of the molecule is CNc1c(C)cc(N(C)CC2OCCc3ccsc32)cc1C.